The van der Waals surface area contributed by atoms with Crippen molar-refractivity contribution < 1.29 is 44.7 Å². The number of halogens is 8. The van der Waals surface area contributed by atoms with Crippen molar-refractivity contribution in [1.29, 1.82) is 0 Å². The highest BCUT2D eigenvalue weighted by atomic mass is 19.4. The molecule has 1 aliphatic carbocycles. The maximum atomic E-state index is 15.3. The van der Waals surface area contributed by atoms with E-state index in [0.717, 1.165) is 12.1 Å². The standard InChI is InChI=1S/C23H25F8N3O2/c24-21(25)7-10-34(18(36)19(5-6-19)23(29,30)31)20(21,17(32)35)12-15-2-1-14(11-16(15)22(26,27)28)13-3-8-33-9-4-13/h1-2,11,13,33H,3-10,12H2,(H2,32,35)/t20-/m1/s1. The fraction of sp³-hybridized carbons (Fsp3) is 0.652. The van der Waals surface area contributed by atoms with E-state index < -0.39 is 84.4 Å². The molecular weight excluding hydrogens is 502 g/mol. The lowest BCUT2D eigenvalue weighted by atomic mass is 9.80. The molecule has 0 radical (unpaired) electrons. The number of carbonyl (C=O) groups is 2. The van der Waals surface area contributed by atoms with Crippen molar-refractivity contribution in [3.05, 3.63) is 34.9 Å². The molecule has 2 heterocycles. The van der Waals surface area contributed by atoms with Crippen LogP contribution in [0, 0.1) is 5.41 Å². The molecule has 200 valence electrons. The fourth-order valence-electron chi connectivity index (χ4n) is 5.45. The molecule has 4 rings (SSSR count). The molecule has 2 saturated heterocycles. The average molecular weight is 527 g/mol. The van der Waals surface area contributed by atoms with Crippen LogP contribution in [0.4, 0.5) is 35.1 Å². The summed E-state index contributed by atoms with van der Waals surface area (Å²) in [5.41, 5.74) is -2.73. The second-order valence-electron chi connectivity index (χ2n) is 9.83. The number of benzene rings is 1. The fourth-order valence-corrected chi connectivity index (χ4v) is 5.45. The number of hydrogen-bond donors (Lipinski definition) is 2. The zero-order valence-electron chi connectivity index (χ0n) is 19.0. The second-order valence-corrected chi connectivity index (χ2v) is 9.83. The minimum absolute atomic E-state index is 0.0801. The van der Waals surface area contributed by atoms with Crippen molar-refractivity contribution in [2.45, 2.75) is 68.3 Å². The van der Waals surface area contributed by atoms with Gasteiger partial charge in [-0.05, 0) is 61.9 Å². The molecule has 3 aliphatic rings. The van der Waals surface area contributed by atoms with E-state index in [0.29, 0.717) is 31.5 Å². The van der Waals surface area contributed by atoms with Gasteiger partial charge in [-0.15, -0.1) is 0 Å². The number of amides is 2. The van der Waals surface area contributed by atoms with E-state index in [2.05, 4.69) is 5.32 Å². The molecule has 13 heteroatoms. The molecule has 2 aliphatic heterocycles. The quantitative estimate of drug-likeness (QED) is 0.566. The lowest BCUT2D eigenvalue weighted by molar-refractivity contribution is -0.205. The zero-order chi connectivity index (χ0) is 26.7. The van der Waals surface area contributed by atoms with Crippen LogP contribution in [0.3, 0.4) is 0 Å². The van der Waals surface area contributed by atoms with E-state index in [1.54, 1.807) is 0 Å². The van der Waals surface area contributed by atoms with Gasteiger partial charge in [0.1, 0.15) is 5.41 Å². The Hall–Kier alpha value is -2.44. The first-order chi connectivity index (χ1) is 16.6. The monoisotopic (exact) mass is 527 g/mol. The lowest BCUT2D eigenvalue weighted by Gasteiger charge is -2.41. The highest BCUT2D eigenvalue weighted by Crippen LogP contribution is 2.60. The van der Waals surface area contributed by atoms with Gasteiger partial charge in [0.15, 0.2) is 5.54 Å². The Morgan fingerprint density at radius 3 is 2.14 bits per heavy atom. The maximum absolute atomic E-state index is 15.3. The van der Waals surface area contributed by atoms with Gasteiger partial charge in [-0.1, -0.05) is 12.1 Å². The van der Waals surface area contributed by atoms with Gasteiger partial charge in [-0.25, -0.2) is 8.78 Å². The molecule has 0 aromatic heterocycles. The van der Waals surface area contributed by atoms with E-state index in [-0.39, 0.29) is 10.8 Å². The van der Waals surface area contributed by atoms with Crippen LogP contribution in [-0.2, 0) is 22.2 Å². The Balaban J connectivity index is 1.79. The van der Waals surface area contributed by atoms with Crippen molar-refractivity contribution in [2.24, 2.45) is 11.1 Å². The number of carbonyl (C=O) groups excluding carboxylic acids is 2. The van der Waals surface area contributed by atoms with Gasteiger partial charge in [-0.3, -0.25) is 9.59 Å². The molecule has 3 fully saturated rings. The van der Waals surface area contributed by atoms with Crippen LogP contribution in [0.2, 0.25) is 0 Å². The highest BCUT2D eigenvalue weighted by Gasteiger charge is 2.75. The minimum atomic E-state index is -5.07. The first kappa shape index (κ1) is 26.6. The minimum Gasteiger partial charge on any atom is -0.367 e. The van der Waals surface area contributed by atoms with Crippen LogP contribution in [0.25, 0.3) is 0 Å². The molecular formula is C23H25F8N3O2. The number of nitrogens with two attached hydrogens (primary N) is 1. The Bertz CT molecular complexity index is 1040. The summed E-state index contributed by atoms with van der Waals surface area (Å²) in [6.07, 6.45) is -12.9. The van der Waals surface area contributed by atoms with Crippen molar-refractivity contribution in [3.63, 3.8) is 0 Å². The summed E-state index contributed by atoms with van der Waals surface area (Å²) in [5, 5.41) is 3.08. The van der Waals surface area contributed by atoms with E-state index in [9.17, 15) is 35.9 Å². The van der Waals surface area contributed by atoms with Crippen LogP contribution >= 0.6 is 0 Å². The Kier molecular flexibility index (Phi) is 6.33. The van der Waals surface area contributed by atoms with Gasteiger partial charge in [0.25, 0.3) is 5.92 Å². The normalized spacial score (nSPS) is 26.2. The third-order valence-electron chi connectivity index (χ3n) is 7.77. The molecule has 1 aromatic rings. The number of nitrogens with one attached hydrogen (secondary N) is 1. The number of alkyl halides is 8. The Morgan fingerprint density at radius 2 is 1.64 bits per heavy atom. The van der Waals surface area contributed by atoms with Gasteiger partial charge in [-0.2, -0.15) is 26.3 Å². The Morgan fingerprint density at radius 1 is 1.03 bits per heavy atom. The summed E-state index contributed by atoms with van der Waals surface area (Å²) in [5.74, 6) is -7.97. The average Bonchev–Trinajstić information content (AvgIpc) is 3.55. The van der Waals surface area contributed by atoms with Crippen LogP contribution in [0.1, 0.15) is 54.7 Å². The molecule has 3 N–H and O–H groups in total. The molecule has 0 bridgehead atoms. The molecule has 2 amide bonds. The van der Waals surface area contributed by atoms with Gasteiger partial charge in [0.2, 0.25) is 11.8 Å². The Labute approximate surface area is 201 Å². The molecule has 1 saturated carbocycles. The summed E-state index contributed by atoms with van der Waals surface area (Å²) < 4.78 is 113. The number of hydrogen-bond acceptors (Lipinski definition) is 3. The topological polar surface area (TPSA) is 75.4 Å². The van der Waals surface area contributed by atoms with E-state index in [1.807, 2.05) is 0 Å². The summed E-state index contributed by atoms with van der Waals surface area (Å²) in [6, 6.07) is 3.13. The second kappa shape index (κ2) is 8.56. The molecule has 0 spiro atoms. The SMILES string of the molecule is NC(=O)[C@@]1(Cc2ccc(C3CCNCC3)cc2C(F)(F)F)N(C(=O)C2(C(F)(F)F)CC2)CCC1(F)F. The zero-order valence-corrected chi connectivity index (χ0v) is 19.0. The third-order valence-corrected chi connectivity index (χ3v) is 7.77. The van der Waals surface area contributed by atoms with Gasteiger partial charge in [0.05, 0.1) is 5.56 Å². The molecule has 5 nitrogen and oxygen atoms in total. The molecule has 1 atom stereocenters. The van der Waals surface area contributed by atoms with Crippen LogP contribution in [0.15, 0.2) is 18.2 Å². The van der Waals surface area contributed by atoms with Gasteiger partial charge in [0, 0.05) is 19.4 Å². The molecule has 36 heavy (non-hydrogen) atoms. The molecule has 1 aromatic carbocycles. The third kappa shape index (κ3) is 4.12. The first-order valence-corrected chi connectivity index (χ1v) is 11.5. The number of nitrogens with zero attached hydrogens (tertiary/aromatic N) is 1. The largest absolute Gasteiger partial charge is 0.416 e. The summed E-state index contributed by atoms with van der Waals surface area (Å²) in [6.45, 7) is 0.229. The smallest absolute Gasteiger partial charge is 0.367 e. The van der Waals surface area contributed by atoms with Crippen molar-refractivity contribution in [3.8, 4) is 0 Å². The predicted molar refractivity (Wildman–Crippen MR) is 111 cm³/mol. The van der Waals surface area contributed by atoms with Crippen LogP contribution < -0.4 is 11.1 Å². The first-order valence-electron chi connectivity index (χ1n) is 11.5. The van der Waals surface area contributed by atoms with Crippen molar-refractivity contribution in [2.75, 3.05) is 19.6 Å². The van der Waals surface area contributed by atoms with Crippen LogP contribution in [-0.4, -0.2) is 54.0 Å². The number of rotatable bonds is 5. The molecule has 0 unspecified atom stereocenters. The number of piperidine rings is 1. The van der Waals surface area contributed by atoms with E-state index in [4.69, 9.17) is 5.73 Å². The van der Waals surface area contributed by atoms with Gasteiger partial charge < -0.3 is 16.0 Å². The number of primary amides is 1. The summed E-state index contributed by atoms with van der Waals surface area (Å²) in [4.78, 5) is 25.5. The number of likely N-dealkylation sites (tertiary alicyclic amines) is 1. The predicted octanol–water partition coefficient (Wildman–Crippen LogP) is 4.15. The van der Waals surface area contributed by atoms with Crippen molar-refractivity contribution >= 4 is 11.8 Å². The summed E-state index contributed by atoms with van der Waals surface area (Å²) in [7, 11) is 0. The van der Waals surface area contributed by atoms with Gasteiger partial charge >= 0.3 is 12.4 Å². The van der Waals surface area contributed by atoms with Crippen LogP contribution in [0.5, 0.6) is 0 Å². The highest BCUT2D eigenvalue weighted by molar-refractivity contribution is 5.96. The lowest BCUT2D eigenvalue weighted by Crippen LogP contribution is -2.66. The summed E-state index contributed by atoms with van der Waals surface area (Å²) >= 11 is 0. The maximum Gasteiger partial charge on any atom is 0.416 e. The van der Waals surface area contributed by atoms with E-state index >= 15 is 8.78 Å². The van der Waals surface area contributed by atoms with E-state index in [1.165, 1.54) is 6.07 Å². The van der Waals surface area contributed by atoms with Crippen molar-refractivity contribution in [1.82, 2.24) is 10.2 Å².